The summed E-state index contributed by atoms with van der Waals surface area (Å²) in [5.74, 6) is 0.504. The number of aliphatic imine (C=N–C) groups is 1. The van der Waals surface area contributed by atoms with Crippen LogP contribution in [0.4, 0.5) is 0 Å². The highest BCUT2D eigenvalue weighted by molar-refractivity contribution is 8.18. The molecule has 34 heavy (non-hydrogen) atoms. The Labute approximate surface area is 211 Å². The average molecular weight is 508 g/mol. The van der Waals surface area contributed by atoms with E-state index in [-0.39, 0.29) is 11.9 Å². The van der Waals surface area contributed by atoms with E-state index in [1.54, 1.807) is 19.2 Å². The molecule has 2 aliphatic heterocycles. The zero-order valence-electron chi connectivity index (χ0n) is 18.1. The van der Waals surface area contributed by atoms with Crippen LogP contribution < -0.4 is 4.74 Å². The highest BCUT2D eigenvalue weighted by Crippen LogP contribution is 2.40. The number of amidine groups is 1. The lowest BCUT2D eigenvalue weighted by molar-refractivity contribution is -0.113. The van der Waals surface area contributed by atoms with Gasteiger partial charge in [-0.05, 0) is 83.1 Å². The number of rotatable bonds is 4. The van der Waals surface area contributed by atoms with Crippen molar-refractivity contribution in [3.63, 3.8) is 0 Å². The van der Waals surface area contributed by atoms with Gasteiger partial charge in [0.1, 0.15) is 5.75 Å². The Bertz CT molecular complexity index is 1320. The Hall–Kier alpha value is -3.06. The molecule has 0 spiro atoms. The molecule has 0 saturated heterocycles. The summed E-state index contributed by atoms with van der Waals surface area (Å²) in [6.07, 6.45) is 2.49. The molecule has 2 heterocycles. The van der Waals surface area contributed by atoms with Gasteiger partial charge in [-0.1, -0.05) is 47.5 Å². The van der Waals surface area contributed by atoms with E-state index in [0.717, 1.165) is 28.2 Å². The van der Waals surface area contributed by atoms with Gasteiger partial charge in [0.25, 0.3) is 5.91 Å². The van der Waals surface area contributed by atoms with Crippen molar-refractivity contribution in [2.24, 2.45) is 10.1 Å². The van der Waals surface area contributed by atoms with E-state index in [0.29, 0.717) is 26.5 Å². The lowest BCUT2D eigenvalue weighted by Crippen LogP contribution is -2.23. The van der Waals surface area contributed by atoms with Crippen molar-refractivity contribution in [2.75, 3.05) is 7.11 Å². The number of benzene rings is 3. The second-order valence-corrected chi connectivity index (χ2v) is 9.63. The first kappa shape index (κ1) is 22.7. The van der Waals surface area contributed by atoms with Crippen LogP contribution in [0.5, 0.6) is 5.75 Å². The molecule has 1 atom stereocenters. The SMILES string of the molecule is COc1ccc(C2=NN(C3=NC(=O)/C(=C/c4ccc(Cl)cc4)S3)C(c3ccc(Cl)cc3)C2)cc1. The molecule has 1 unspecified atom stereocenters. The second-order valence-electron chi connectivity index (χ2n) is 7.75. The number of thioether (sulfide) groups is 1. The van der Waals surface area contributed by atoms with Gasteiger partial charge in [-0.2, -0.15) is 10.1 Å². The van der Waals surface area contributed by atoms with Crippen LogP contribution in [0.1, 0.15) is 29.2 Å². The van der Waals surface area contributed by atoms with Crippen molar-refractivity contribution in [1.29, 1.82) is 0 Å². The van der Waals surface area contributed by atoms with Gasteiger partial charge in [0.05, 0.1) is 23.8 Å². The van der Waals surface area contributed by atoms with Gasteiger partial charge >= 0.3 is 0 Å². The maximum Gasteiger partial charge on any atom is 0.286 e. The van der Waals surface area contributed by atoms with Crippen LogP contribution in [-0.4, -0.2) is 28.9 Å². The third kappa shape index (κ3) is 4.75. The Kier molecular flexibility index (Phi) is 6.46. The van der Waals surface area contributed by atoms with E-state index in [1.807, 2.05) is 71.7 Å². The molecule has 1 amide bonds. The monoisotopic (exact) mass is 507 g/mol. The van der Waals surface area contributed by atoms with Gasteiger partial charge in [-0.25, -0.2) is 5.01 Å². The fraction of sp³-hybridized carbons (Fsp3) is 0.115. The van der Waals surface area contributed by atoms with Gasteiger partial charge in [0, 0.05) is 16.5 Å². The predicted molar refractivity (Wildman–Crippen MR) is 140 cm³/mol. The van der Waals surface area contributed by atoms with E-state index in [1.165, 1.54) is 11.8 Å². The maximum atomic E-state index is 12.7. The number of ether oxygens (including phenoxy) is 1. The first-order valence-corrected chi connectivity index (χ1v) is 12.1. The molecule has 0 fully saturated rings. The number of hydrogen-bond donors (Lipinski definition) is 0. The molecule has 5 rings (SSSR count). The average Bonchev–Trinajstić information content (AvgIpc) is 3.45. The smallest absolute Gasteiger partial charge is 0.286 e. The third-order valence-electron chi connectivity index (χ3n) is 5.56. The highest BCUT2D eigenvalue weighted by atomic mass is 35.5. The third-order valence-corrected chi connectivity index (χ3v) is 7.04. The lowest BCUT2D eigenvalue weighted by Gasteiger charge is -2.22. The van der Waals surface area contributed by atoms with Crippen molar-refractivity contribution in [3.05, 3.63) is 104 Å². The van der Waals surface area contributed by atoms with Gasteiger partial charge in [-0.15, -0.1) is 0 Å². The molecule has 2 aliphatic rings. The van der Waals surface area contributed by atoms with Crippen LogP contribution in [0.3, 0.4) is 0 Å². The minimum Gasteiger partial charge on any atom is -0.497 e. The summed E-state index contributed by atoms with van der Waals surface area (Å²) in [6.45, 7) is 0. The summed E-state index contributed by atoms with van der Waals surface area (Å²) in [7, 11) is 1.64. The summed E-state index contributed by atoms with van der Waals surface area (Å²) < 4.78 is 5.28. The minimum atomic E-state index is -0.280. The lowest BCUT2D eigenvalue weighted by atomic mass is 9.98. The summed E-state index contributed by atoms with van der Waals surface area (Å²) in [5, 5.41) is 8.60. The van der Waals surface area contributed by atoms with Crippen LogP contribution >= 0.6 is 35.0 Å². The van der Waals surface area contributed by atoms with Gasteiger partial charge in [-0.3, -0.25) is 4.79 Å². The summed E-state index contributed by atoms with van der Waals surface area (Å²) in [6, 6.07) is 22.7. The van der Waals surface area contributed by atoms with Gasteiger partial charge in [0.15, 0.2) is 5.17 Å². The zero-order valence-corrected chi connectivity index (χ0v) is 20.4. The number of methoxy groups -OCH3 is 1. The van der Waals surface area contributed by atoms with E-state index in [4.69, 9.17) is 33.0 Å². The molecule has 0 radical (unpaired) electrons. The Balaban J connectivity index is 1.47. The molecule has 3 aromatic rings. The van der Waals surface area contributed by atoms with Crippen LogP contribution in [-0.2, 0) is 4.79 Å². The molecule has 8 heteroatoms. The maximum absolute atomic E-state index is 12.7. The molecular weight excluding hydrogens is 489 g/mol. The van der Waals surface area contributed by atoms with Crippen molar-refractivity contribution in [1.82, 2.24) is 5.01 Å². The number of nitrogens with zero attached hydrogens (tertiary/aromatic N) is 3. The number of halogens is 2. The predicted octanol–water partition coefficient (Wildman–Crippen LogP) is 6.82. The van der Waals surface area contributed by atoms with E-state index < -0.39 is 0 Å². The minimum absolute atomic E-state index is 0.108. The molecule has 0 aromatic heterocycles. The second kappa shape index (κ2) is 9.66. The standard InChI is InChI=1S/C26H19Cl2N3O2S/c1-33-21-12-6-17(7-13-21)22-15-23(18-4-10-20(28)11-5-18)31(30-22)26-29-25(32)24(34-26)14-16-2-8-19(27)9-3-16/h2-14,23H,15H2,1H3/b24-14-. The molecule has 0 aliphatic carbocycles. The zero-order chi connectivity index (χ0) is 23.7. The fourth-order valence-electron chi connectivity index (χ4n) is 3.80. The Morgan fingerprint density at radius 1 is 0.971 bits per heavy atom. The fourth-order valence-corrected chi connectivity index (χ4v) is 4.96. The quantitative estimate of drug-likeness (QED) is 0.363. The number of hydrogen-bond acceptors (Lipinski definition) is 5. The molecule has 0 saturated carbocycles. The van der Waals surface area contributed by atoms with E-state index in [2.05, 4.69) is 4.99 Å². The molecule has 5 nitrogen and oxygen atoms in total. The summed E-state index contributed by atoms with van der Waals surface area (Å²) in [4.78, 5) is 17.6. The topological polar surface area (TPSA) is 54.3 Å². The molecule has 0 bridgehead atoms. The van der Waals surface area contributed by atoms with E-state index in [9.17, 15) is 4.79 Å². The Morgan fingerprint density at radius 2 is 1.62 bits per heavy atom. The number of hydrazone groups is 1. The first-order valence-electron chi connectivity index (χ1n) is 10.5. The molecule has 3 aromatic carbocycles. The number of carbonyl (C=O) groups excluding carboxylic acids is 1. The normalized spacial score (nSPS) is 18.9. The number of amides is 1. The molecule has 0 N–H and O–H groups in total. The van der Waals surface area contributed by atoms with Crippen LogP contribution in [0, 0.1) is 0 Å². The summed E-state index contributed by atoms with van der Waals surface area (Å²) >= 11 is 13.4. The number of carbonyl (C=O) groups is 1. The van der Waals surface area contributed by atoms with Gasteiger partial charge in [0.2, 0.25) is 0 Å². The molecular formula is C26H19Cl2N3O2S. The van der Waals surface area contributed by atoms with Crippen LogP contribution in [0.15, 0.2) is 87.8 Å². The summed E-state index contributed by atoms with van der Waals surface area (Å²) in [5.41, 5.74) is 3.83. The first-order chi connectivity index (χ1) is 16.5. The van der Waals surface area contributed by atoms with Gasteiger partial charge < -0.3 is 4.74 Å². The van der Waals surface area contributed by atoms with Crippen molar-refractivity contribution in [3.8, 4) is 5.75 Å². The largest absolute Gasteiger partial charge is 0.497 e. The highest BCUT2D eigenvalue weighted by Gasteiger charge is 2.36. The molecule has 170 valence electrons. The van der Waals surface area contributed by atoms with Crippen molar-refractivity contribution >= 4 is 57.8 Å². The van der Waals surface area contributed by atoms with Crippen LogP contribution in [0.2, 0.25) is 10.0 Å². The van der Waals surface area contributed by atoms with Crippen LogP contribution in [0.25, 0.3) is 6.08 Å². The van der Waals surface area contributed by atoms with Crippen molar-refractivity contribution in [2.45, 2.75) is 12.5 Å². The van der Waals surface area contributed by atoms with Crippen molar-refractivity contribution < 1.29 is 9.53 Å². The Morgan fingerprint density at radius 3 is 2.26 bits per heavy atom. The van der Waals surface area contributed by atoms with E-state index >= 15 is 0 Å².